The maximum atomic E-state index is 10.7. The van der Waals surface area contributed by atoms with Gasteiger partial charge in [-0.3, -0.25) is 4.79 Å². The zero-order chi connectivity index (χ0) is 9.72. The molecule has 4 nitrogen and oxygen atoms in total. The molecule has 0 fully saturated rings. The Labute approximate surface area is 71.5 Å². The van der Waals surface area contributed by atoms with Crippen LogP contribution < -0.4 is 0 Å². The first-order valence-corrected chi connectivity index (χ1v) is 3.64. The molecule has 0 aromatic rings. The molecular formula is C8H13NO3. The number of hydrogen-bond acceptors (Lipinski definition) is 3. The van der Waals surface area contributed by atoms with Gasteiger partial charge >= 0.3 is 5.97 Å². The second kappa shape index (κ2) is 4.54. The number of nitrogens with zero attached hydrogens (tertiary/aromatic N) is 1. The smallest absolute Gasteiger partial charge is 0.376 e. The Balaban J connectivity index is 4.49. The van der Waals surface area contributed by atoms with E-state index in [1.807, 2.05) is 6.92 Å². The number of allylic oxidation sites excluding steroid dienone is 1. The van der Waals surface area contributed by atoms with E-state index < -0.39 is 11.8 Å². The number of carboxylic acids is 1. The van der Waals surface area contributed by atoms with Gasteiger partial charge in [-0.05, 0) is 6.42 Å². The van der Waals surface area contributed by atoms with Crippen LogP contribution in [0.2, 0.25) is 0 Å². The van der Waals surface area contributed by atoms with Crippen molar-refractivity contribution in [2.75, 3.05) is 14.1 Å². The number of carbonyl (C=O) groups excluding carboxylic acids is 1. The average Bonchev–Trinajstić information content (AvgIpc) is 1.98. The van der Waals surface area contributed by atoms with Crippen molar-refractivity contribution in [3.05, 3.63) is 11.8 Å². The Hall–Kier alpha value is -1.32. The van der Waals surface area contributed by atoms with Crippen LogP contribution in [0.5, 0.6) is 0 Å². The molecule has 0 aromatic heterocycles. The summed E-state index contributed by atoms with van der Waals surface area (Å²) in [7, 11) is 3.54. The van der Waals surface area contributed by atoms with Crippen molar-refractivity contribution < 1.29 is 14.7 Å². The minimum Gasteiger partial charge on any atom is -0.475 e. The van der Waals surface area contributed by atoms with Gasteiger partial charge < -0.3 is 10.0 Å². The van der Waals surface area contributed by atoms with E-state index in [1.165, 1.54) is 0 Å². The van der Waals surface area contributed by atoms with Crippen molar-refractivity contribution in [1.29, 1.82) is 0 Å². The van der Waals surface area contributed by atoms with Crippen molar-refractivity contribution in [3.8, 4) is 0 Å². The van der Waals surface area contributed by atoms with Crippen molar-refractivity contribution >= 4 is 11.8 Å². The van der Waals surface area contributed by atoms with E-state index in [0.29, 0.717) is 12.1 Å². The fraction of sp³-hybridized carbons (Fsp3) is 0.500. The maximum Gasteiger partial charge on any atom is 0.376 e. The summed E-state index contributed by atoms with van der Waals surface area (Å²) in [4.78, 5) is 22.6. The molecule has 68 valence electrons. The van der Waals surface area contributed by atoms with Gasteiger partial charge in [0.05, 0.1) is 0 Å². The van der Waals surface area contributed by atoms with Gasteiger partial charge in [-0.1, -0.05) is 6.92 Å². The maximum absolute atomic E-state index is 10.7. The van der Waals surface area contributed by atoms with Crippen molar-refractivity contribution in [2.45, 2.75) is 13.3 Å². The monoisotopic (exact) mass is 171 g/mol. The van der Waals surface area contributed by atoms with Gasteiger partial charge in [0.1, 0.15) is 0 Å². The minimum atomic E-state index is -1.41. The molecule has 0 radical (unpaired) electrons. The topological polar surface area (TPSA) is 57.6 Å². The molecule has 0 unspecified atom stereocenters. The lowest BCUT2D eigenvalue weighted by molar-refractivity contribution is -0.146. The number of hydrogen-bond donors (Lipinski definition) is 1. The predicted octanol–water partition coefficient (Wildman–Crippen LogP) is 0.496. The van der Waals surface area contributed by atoms with E-state index >= 15 is 0 Å². The third kappa shape index (κ3) is 3.18. The molecule has 0 spiro atoms. The van der Waals surface area contributed by atoms with Gasteiger partial charge in [0.25, 0.3) is 5.78 Å². The van der Waals surface area contributed by atoms with Crippen LogP contribution in [0.15, 0.2) is 11.8 Å². The van der Waals surface area contributed by atoms with E-state index in [2.05, 4.69) is 0 Å². The molecule has 0 atom stereocenters. The molecular weight excluding hydrogens is 158 g/mol. The molecule has 4 heteroatoms. The number of ketones is 1. The standard InChI is InChI=1S/C8H13NO3/c1-4-6(9(2)3)5-7(10)8(11)12/h5H,4H2,1-3H3,(H,11,12). The Kier molecular flexibility index (Phi) is 4.04. The molecule has 0 amide bonds. The Bertz CT molecular complexity index is 218. The summed E-state index contributed by atoms with van der Waals surface area (Å²) in [5.41, 5.74) is 0.711. The van der Waals surface area contributed by atoms with Crippen molar-refractivity contribution in [1.82, 2.24) is 4.90 Å². The summed E-state index contributed by atoms with van der Waals surface area (Å²) < 4.78 is 0. The van der Waals surface area contributed by atoms with Crippen molar-refractivity contribution in [3.63, 3.8) is 0 Å². The van der Waals surface area contributed by atoms with Crippen LogP contribution in [0.1, 0.15) is 13.3 Å². The minimum absolute atomic E-state index is 0.645. The van der Waals surface area contributed by atoms with Gasteiger partial charge in [0.15, 0.2) is 0 Å². The van der Waals surface area contributed by atoms with Crippen LogP contribution in [0.4, 0.5) is 0 Å². The van der Waals surface area contributed by atoms with Gasteiger partial charge in [-0.25, -0.2) is 4.79 Å². The lowest BCUT2D eigenvalue weighted by Gasteiger charge is -2.14. The zero-order valence-electron chi connectivity index (χ0n) is 7.50. The van der Waals surface area contributed by atoms with E-state index in [9.17, 15) is 9.59 Å². The molecule has 0 heterocycles. The first kappa shape index (κ1) is 10.7. The molecule has 0 saturated heterocycles. The van der Waals surface area contributed by atoms with E-state index in [0.717, 1.165) is 6.08 Å². The zero-order valence-corrected chi connectivity index (χ0v) is 7.50. The highest BCUT2D eigenvalue weighted by atomic mass is 16.4. The van der Waals surface area contributed by atoms with Crippen LogP contribution in [0, 0.1) is 0 Å². The van der Waals surface area contributed by atoms with E-state index in [4.69, 9.17) is 5.11 Å². The molecule has 0 rings (SSSR count). The third-order valence-corrected chi connectivity index (χ3v) is 1.45. The molecule has 0 aliphatic heterocycles. The predicted molar refractivity (Wildman–Crippen MR) is 44.7 cm³/mol. The summed E-state index contributed by atoms with van der Waals surface area (Å²) in [6.45, 7) is 1.86. The molecule has 0 aromatic carbocycles. The first-order valence-electron chi connectivity index (χ1n) is 3.64. The second-order valence-corrected chi connectivity index (χ2v) is 2.55. The van der Waals surface area contributed by atoms with Gasteiger partial charge in [-0.15, -0.1) is 0 Å². The van der Waals surface area contributed by atoms with E-state index in [-0.39, 0.29) is 0 Å². The number of aliphatic carboxylic acids is 1. The quantitative estimate of drug-likeness (QED) is 0.494. The second-order valence-electron chi connectivity index (χ2n) is 2.55. The fourth-order valence-corrected chi connectivity index (χ4v) is 0.760. The number of rotatable bonds is 4. The fourth-order valence-electron chi connectivity index (χ4n) is 0.760. The summed E-state index contributed by atoms with van der Waals surface area (Å²) in [5.74, 6) is -2.29. The first-order chi connectivity index (χ1) is 5.49. The summed E-state index contributed by atoms with van der Waals surface area (Å²) in [6.07, 6.45) is 1.79. The highest BCUT2D eigenvalue weighted by Crippen LogP contribution is 2.02. The van der Waals surface area contributed by atoms with Crippen molar-refractivity contribution in [2.24, 2.45) is 0 Å². The summed E-state index contributed by atoms with van der Waals surface area (Å²) in [6, 6.07) is 0. The average molecular weight is 171 g/mol. The molecule has 0 bridgehead atoms. The Morgan fingerprint density at radius 1 is 1.42 bits per heavy atom. The SMILES string of the molecule is CCC(=CC(=O)C(=O)O)N(C)C. The highest BCUT2D eigenvalue weighted by molar-refractivity contribution is 6.37. The summed E-state index contributed by atoms with van der Waals surface area (Å²) >= 11 is 0. The van der Waals surface area contributed by atoms with Crippen LogP contribution in [0.3, 0.4) is 0 Å². The Morgan fingerprint density at radius 3 is 2.17 bits per heavy atom. The Morgan fingerprint density at radius 2 is 1.92 bits per heavy atom. The van der Waals surface area contributed by atoms with Crippen LogP contribution in [-0.4, -0.2) is 35.9 Å². The lowest BCUT2D eigenvalue weighted by Crippen LogP contribution is -2.16. The van der Waals surface area contributed by atoms with Crippen LogP contribution in [0.25, 0.3) is 0 Å². The summed E-state index contributed by atoms with van der Waals surface area (Å²) in [5, 5.41) is 8.30. The molecule has 0 aliphatic carbocycles. The normalized spacial score (nSPS) is 11.1. The number of carboxylic acid groups (broad SMARTS) is 1. The number of carbonyl (C=O) groups is 2. The van der Waals surface area contributed by atoms with Gasteiger partial charge in [-0.2, -0.15) is 0 Å². The van der Waals surface area contributed by atoms with Gasteiger partial charge in [0.2, 0.25) is 0 Å². The van der Waals surface area contributed by atoms with E-state index in [1.54, 1.807) is 19.0 Å². The molecule has 0 saturated carbocycles. The van der Waals surface area contributed by atoms with Crippen LogP contribution in [-0.2, 0) is 9.59 Å². The third-order valence-electron chi connectivity index (χ3n) is 1.45. The highest BCUT2D eigenvalue weighted by Gasteiger charge is 2.09. The molecule has 1 N–H and O–H groups in total. The molecule has 0 aliphatic rings. The molecule has 12 heavy (non-hydrogen) atoms. The largest absolute Gasteiger partial charge is 0.475 e. The lowest BCUT2D eigenvalue weighted by atomic mass is 10.2. The van der Waals surface area contributed by atoms with Crippen LogP contribution >= 0.6 is 0 Å². The van der Waals surface area contributed by atoms with Gasteiger partial charge in [0, 0.05) is 25.9 Å².